The highest BCUT2D eigenvalue weighted by Crippen LogP contribution is 2.18. The number of morpholine rings is 1. The van der Waals surface area contributed by atoms with E-state index in [1.54, 1.807) is 0 Å². The maximum Gasteiger partial charge on any atom is 0.128 e. The first-order valence-electron chi connectivity index (χ1n) is 5.74. The fourth-order valence-electron chi connectivity index (χ4n) is 2.13. The van der Waals surface area contributed by atoms with Gasteiger partial charge in [0.25, 0.3) is 0 Å². The van der Waals surface area contributed by atoms with Gasteiger partial charge in [-0.1, -0.05) is 0 Å². The summed E-state index contributed by atoms with van der Waals surface area (Å²) < 4.78 is 5.70. The van der Waals surface area contributed by atoms with Gasteiger partial charge in [0.1, 0.15) is 5.82 Å². The minimum atomic E-state index is 0.257. The molecule has 0 radical (unpaired) electrons. The van der Waals surface area contributed by atoms with E-state index in [0.29, 0.717) is 6.54 Å². The van der Waals surface area contributed by atoms with Crippen molar-refractivity contribution in [3.63, 3.8) is 0 Å². The lowest BCUT2D eigenvalue weighted by atomic mass is 10.2. The third-order valence-electron chi connectivity index (χ3n) is 2.79. The van der Waals surface area contributed by atoms with Gasteiger partial charge in [0.2, 0.25) is 0 Å². The van der Waals surface area contributed by atoms with Crippen LogP contribution < -0.4 is 10.6 Å². The molecule has 1 aromatic rings. The third kappa shape index (κ3) is 2.51. The van der Waals surface area contributed by atoms with Crippen LogP contribution in [0.3, 0.4) is 0 Å². The number of anilines is 1. The molecule has 4 heteroatoms. The van der Waals surface area contributed by atoms with E-state index in [-0.39, 0.29) is 12.2 Å². The van der Waals surface area contributed by atoms with Crippen molar-refractivity contribution in [2.75, 3.05) is 18.0 Å². The SMILES string of the molecule is CC1CN(c2cc(CN)ccn2)CC(C)O1. The molecule has 2 atom stereocenters. The van der Waals surface area contributed by atoms with E-state index in [2.05, 4.69) is 29.8 Å². The minimum absolute atomic E-state index is 0.257. The lowest BCUT2D eigenvalue weighted by molar-refractivity contribution is -0.00546. The molecule has 2 heterocycles. The maximum atomic E-state index is 5.70. The molecule has 1 aliphatic heterocycles. The van der Waals surface area contributed by atoms with Crippen LogP contribution in [-0.4, -0.2) is 30.3 Å². The van der Waals surface area contributed by atoms with Crippen molar-refractivity contribution in [3.05, 3.63) is 23.9 Å². The van der Waals surface area contributed by atoms with E-state index in [4.69, 9.17) is 10.5 Å². The molecule has 1 saturated heterocycles. The molecule has 0 amide bonds. The first-order valence-corrected chi connectivity index (χ1v) is 5.74. The predicted molar refractivity (Wildman–Crippen MR) is 64.4 cm³/mol. The largest absolute Gasteiger partial charge is 0.372 e. The number of ether oxygens (including phenoxy) is 1. The fraction of sp³-hybridized carbons (Fsp3) is 0.583. The number of aromatic nitrogens is 1. The van der Waals surface area contributed by atoms with Crippen LogP contribution in [0.2, 0.25) is 0 Å². The lowest BCUT2D eigenvalue weighted by Crippen LogP contribution is -2.45. The normalized spacial score (nSPS) is 25.8. The summed E-state index contributed by atoms with van der Waals surface area (Å²) in [6, 6.07) is 4.02. The van der Waals surface area contributed by atoms with Crippen LogP contribution in [0.5, 0.6) is 0 Å². The smallest absolute Gasteiger partial charge is 0.128 e. The van der Waals surface area contributed by atoms with E-state index >= 15 is 0 Å². The molecular formula is C12H19N3O. The van der Waals surface area contributed by atoms with Gasteiger partial charge in [0.05, 0.1) is 12.2 Å². The zero-order chi connectivity index (χ0) is 11.5. The van der Waals surface area contributed by atoms with Gasteiger partial charge in [-0.15, -0.1) is 0 Å². The van der Waals surface area contributed by atoms with Crippen molar-refractivity contribution in [1.29, 1.82) is 0 Å². The van der Waals surface area contributed by atoms with Crippen LogP contribution in [0.1, 0.15) is 19.4 Å². The summed E-state index contributed by atoms with van der Waals surface area (Å²) in [6.07, 6.45) is 2.33. The van der Waals surface area contributed by atoms with Crippen LogP contribution in [0.25, 0.3) is 0 Å². The molecule has 4 nitrogen and oxygen atoms in total. The number of rotatable bonds is 2. The summed E-state index contributed by atoms with van der Waals surface area (Å²) in [6.45, 7) is 6.53. The van der Waals surface area contributed by atoms with E-state index < -0.39 is 0 Å². The predicted octanol–water partition coefficient (Wildman–Crippen LogP) is 1.15. The zero-order valence-corrected chi connectivity index (χ0v) is 9.89. The molecule has 0 aromatic carbocycles. The molecule has 0 aliphatic carbocycles. The van der Waals surface area contributed by atoms with Gasteiger partial charge in [-0.05, 0) is 31.5 Å². The van der Waals surface area contributed by atoms with E-state index in [9.17, 15) is 0 Å². The molecule has 0 saturated carbocycles. The first-order chi connectivity index (χ1) is 7.69. The Morgan fingerprint density at radius 3 is 2.75 bits per heavy atom. The second-order valence-electron chi connectivity index (χ2n) is 4.39. The molecular weight excluding hydrogens is 202 g/mol. The van der Waals surface area contributed by atoms with Gasteiger partial charge in [-0.25, -0.2) is 4.98 Å². The van der Waals surface area contributed by atoms with Gasteiger partial charge in [0.15, 0.2) is 0 Å². The molecule has 2 N–H and O–H groups in total. The Labute approximate surface area is 96.4 Å². The number of pyridine rings is 1. The second-order valence-corrected chi connectivity index (χ2v) is 4.39. The molecule has 16 heavy (non-hydrogen) atoms. The Hall–Kier alpha value is -1.13. The molecule has 1 aromatic heterocycles. The Balaban J connectivity index is 2.16. The van der Waals surface area contributed by atoms with Crippen molar-refractivity contribution in [3.8, 4) is 0 Å². The molecule has 0 bridgehead atoms. The lowest BCUT2D eigenvalue weighted by Gasteiger charge is -2.36. The number of hydrogen-bond acceptors (Lipinski definition) is 4. The summed E-state index contributed by atoms with van der Waals surface area (Å²) in [5.74, 6) is 1.00. The summed E-state index contributed by atoms with van der Waals surface area (Å²) in [5.41, 5.74) is 6.75. The third-order valence-corrected chi connectivity index (χ3v) is 2.79. The van der Waals surface area contributed by atoms with Gasteiger partial charge in [-0.2, -0.15) is 0 Å². The summed E-state index contributed by atoms with van der Waals surface area (Å²) >= 11 is 0. The van der Waals surface area contributed by atoms with Crippen LogP contribution in [0, 0.1) is 0 Å². The van der Waals surface area contributed by atoms with Crippen molar-refractivity contribution in [2.45, 2.75) is 32.6 Å². The second kappa shape index (κ2) is 4.80. The fourth-order valence-corrected chi connectivity index (χ4v) is 2.13. The van der Waals surface area contributed by atoms with Crippen molar-refractivity contribution >= 4 is 5.82 Å². The summed E-state index contributed by atoms with van der Waals surface area (Å²) in [5, 5.41) is 0. The number of nitrogens with zero attached hydrogens (tertiary/aromatic N) is 2. The van der Waals surface area contributed by atoms with Crippen LogP contribution in [0.15, 0.2) is 18.3 Å². The number of hydrogen-bond donors (Lipinski definition) is 1. The Kier molecular flexibility index (Phi) is 3.41. The minimum Gasteiger partial charge on any atom is -0.372 e. The van der Waals surface area contributed by atoms with Gasteiger partial charge < -0.3 is 15.4 Å². The highest BCUT2D eigenvalue weighted by molar-refractivity contribution is 5.41. The highest BCUT2D eigenvalue weighted by Gasteiger charge is 2.22. The standard InChI is InChI=1S/C12H19N3O/c1-9-7-15(8-10(2)16-9)12-5-11(6-13)3-4-14-12/h3-5,9-10H,6-8,13H2,1-2H3. The van der Waals surface area contributed by atoms with E-state index in [0.717, 1.165) is 24.5 Å². The van der Waals surface area contributed by atoms with Crippen molar-refractivity contribution < 1.29 is 4.74 Å². The Morgan fingerprint density at radius 1 is 1.44 bits per heavy atom. The highest BCUT2D eigenvalue weighted by atomic mass is 16.5. The van der Waals surface area contributed by atoms with Gasteiger partial charge in [-0.3, -0.25) is 0 Å². The summed E-state index contributed by atoms with van der Waals surface area (Å²) in [4.78, 5) is 6.66. The van der Waals surface area contributed by atoms with Crippen LogP contribution >= 0.6 is 0 Å². The molecule has 88 valence electrons. The average molecular weight is 221 g/mol. The number of nitrogens with two attached hydrogens (primary N) is 1. The molecule has 0 spiro atoms. The molecule has 2 unspecified atom stereocenters. The van der Waals surface area contributed by atoms with E-state index in [1.807, 2.05) is 12.3 Å². The Morgan fingerprint density at radius 2 is 2.12 bits per heavy atom. The molecule has 1 fully saturated rings. The van der Waals surface area contributed by atoms with Crippen LogP contribution in [0.4, 0.5) is 5.82 Å². The quantitative estimate of drug-likeness (QED) is 0.814. The van der Waals surface area contributed by atoms with Crippen LogP contribution in [-0.2, 0) is 11.3 Å². The first kappa shape index (κ1) is 11.4. The average Bonchev–Trinajstić information content (AvgIpc) is 2.28. The topological polar surface area (TPSA) is 51.4 Å². The van der Waals surface area contributed by atoms with Gasteiger partial charge >= 0.3 is 0 Å². The monoisotopic (exact) mass is 221 g/mol. The zero-order valence-electron chi connectivity index (χ0n) is 9.89. The maximum absolute atomic E-state index is 5.70. The van der Waals surface area contributed by atoms with Crippen molar-refractivity contribution in [1.82, 2.24) is 4.98 Å². The Bertz CT molecular complexity index is 346. The van der Waals surface area contributed by atoms with Crippen molar-refractivity contribution in [2.24, 2.45) is 5.73 Å². The molecule has 1 aliphatic rings. The summed E-state index contributed by atoms with van der Waals surface area (Å²) in [7, 11) is 0. The van der Waals surface area contributed by atoms with E-state index in [1.165, 1.54) is 0 Å². The van der Waals surface area contributed by atoms with Gasteiger partial charge in [0, 0.05) is 25.8 Å². The molecule has 2 rings (SSSR count).